The highest BCUT2D eigenvalue weighted by atomic mass is 35.5. The second-order valence-corrected chi connectivity index (χ2v) is 8.31. The van der Waals surface area contributed by atoms with E-state index in [2.05, 4.69) is 36.3 Å². The summed E-state index contributed by atoms with van der Waals surface area (Å²) in [5, 5.41) is 12.3. The first-order valence-corrected chi connectivity index (χ1v) is 9.42. The lowest BCUT2D eigenvalue weighted by Gasteiger charge is -2.22. The summed E-state index contributed by atoms with van der Waals surface area (Å²) < 4.78 is 3.67. The molecular formula is C20H22ClN5O. The van der Waals surface area contributed by atoms with Gasteiger partial charge in [-0.15, -0.1) is 0 Å². The number of anilines is 1. The van der Waals surface area contributed by atoms with Crippen molar-refractivity contribution in [1.82, 2.24) is 19.6 Å². The molecule has 1 aliphatic carbocycles. The molecule has 1 aliphatic rings. The van der Waals surface area contributed by atoms with Crippen molar-refractivity contribution >= 4 is 23.2 Å². The third kappa shape index (κ3) is 3.62. The average Bonchev–Trinajstić information content (AvgIpc) is 3.11. The topological polar surface area (TPSA) is 64.7 Å². The Bertz CT molecular complexity index is 980. The molecule has 0 radical (unpaired) electrons. The molecule has 2 aromatic heterocycles. The molecule has 1 saturated carbocycles. The zero-order valence-corrected chi connectivity index (χ0v) is 16.4. The zero-order chi connectivity index (χ0) is 19.2. The molecule has 3 aromatic rings. The third-order valence-electron chi connectivity index (χ3n) is 4.56. The van der Waals surface area contributed by atoms with E-state index in [-0.39, 0.29) is 11.4 Å². The number of rotatable bonds is 4. The summed E-state index contributed by atoms with van der Waals surface area (Å²) in [7, 11) is 0. The minimum absolute atomic E-state index is 0.174. The molecular weight excluding hydrogens is 362 g/mol. The number of halogens is 1. The molecule has 7 heteroatoms. The number of benzene rings is 1. The van der Waals surface area contributed by atoms with Crippen molar-refractivity contribution in [2.45, 2.75) is 45.1 Å². The van der Waals surface area contributed by atoms with E-state index in [1.54, 1.807) is 23.0 Å². The van der Waals surface area contributed by atoms with Gasteiger partial charge < -0.3 is 5.32 Å². The average molecular weight is 384 g/mol. The molecule has 0 aliphatic heterocycles. The summed E-state index contributed by atoms with van der Waals surface area (Å²) in [6.07, 6.45) is 5.81. The molecule has 140 valence electrons. The van der Waals surface area contributed by atoms with Crippen LogP contribution in [0.1, 0.15) is 55.7 Å². The van der Waals surface area contributed by atoms with Crippen molar-refractivity contribution in [1.29, 1.82) is 0 Å². The lowest BCUT2D eigenvalue weighted by Crippen LogP contribution is -2.26. The van der Waals surface area contributed by atoms with E-state index in [4.69, 9.17) is 11.6 Å². The predicted octanol–water partition coefficient (Wildman–Crippen LogP) is 4.61. The normalized spacial score (nSPS) is 14.4. The van der Waals surface area contributed by atoms with Crippen LogP contribution in [0.15, 0.2) is 42.7 Å². The van der Waals surface area contributed by atoms with Crippen LogP contribution in [-0.2, 0) is 5.54 Å². The van der Waals surface area contributed by atoms with Gasteiger partial charge in [-0.2, -0.15) is 10.2 Å². The summed E-state index contributed by atoms with van der Waals surface area (Å²) in [6.45, 7) is 6.29. The van der Waals surface area contributed by atoms with Gasteiger partial charge in [-0.1, -0.05) is 11.6 Å². The smallest absolute Gasteiger partial charge is 0.276 e. The van der Waals surface area contributed by atoms with Crippen molar-refractivity contribution in [3.05, 3.63) is 59.1 Å². The maximum absolute atomic E-state index is 12.9. The Labute approximate surface area is 163 Å². The summed E-state index contributed by atoms with van der Waals surface area (Å²) in [4.78, 5) is 12.9. The van der Waals surface area contributed by atoms with E-state index in [1.807, 2.05) is 29.1 Å². The van der Waals surface area contributed by atoms with Gasteiger partial charge in [0.05, 0.1) is 16.9 Å². The Morgan fingerprint density at radius 3 is 2.67 bits per heavy atom. The van der Waals surface area contributed by atoms with Gasteiger partial charge in [0.25, 0.3) is 5.91 Å². The number of aromatic nitrogens is 4. The SMILES string of the molecule is CC(C)(C)n1nc(C(=O)Nc2cc(Cl)ccc2-n2cccn2)cc1C1CC1. The molecule has 0 saturated heterocycles. The van der Waals surface area contributed by atoms with Crippen molar-refractivity contribution in [2.24, 2.45) is 0 Å². The van der Waals surface area contributed by atoms with Crippen LogP contribution in [0.5, 0.6) is 0 Å². The molecule has 1 aromatic carbocycles. The maximum Gasteiger partial charge on any atom is 0.276 e. The molecule has 1 amide bonds. The van der Waals surface area contributed by atoms with Crippen molar-refractivity contribution < 1.29 is 4.79 Å². The van der Waals surface area contributed by atoms with Crippen LogP contribution in [0, 0.1) is 0 Å². The fraction of sp³-hybridized carbons (Fsp3) is 0.350. The third-order valence-corrected chi connectivity index (χ3v) is 4.79. The number of hydrogen-bond acceptors (Lipinski definition) is 3. The highest BCUT2D eigenvalue weighted by Crippen LogP contribution is 2.41. The van der Waals surface area contributed by atoms with Crippen LogP contribution >= 0.6 is 11.6 Å². The Balaban J connectivity index is 1.67. The molecule has 0 unspecified atom stereocenters. The van der Waals surface area contributed by atoms with Gasteiger partial charge >= 0.3 is 0 Å². The minimum atomic E-state index is -0.254. The number of amides is 1. The molecule has 1 N–H and O–H groups in total. The van der Waals surface area contributed by atoms with Gasteiger partial charge in [0.1, 0.15) is 0 Å². The Hall–Kier alpha value is -2.60. The number of nitrogens with zero attached hydrogens (tertiary/aromatic N) is 4. The first-order valence-electron chi connectivity index (χ1n) is 9.04. The van der Waals surface area contributed by atoms with Gasteiger partial charge in [0.15, 0.2) is 5.69 Å². The summed E-state index contributed by atoms with van der Waals surface area (Å²) in [5.41, 5.74) is 2.71. The Morgan fingerprint density at radius 1 is 1.26 bits per heavy atom. The van der Waals surface area contributed by atoms with Crippen LogP contribution in [0.25, 0.3) is 5.69 Å². The van der Waals surface area contributed by atoms with Crippen molar-refractivity contribution in [3.63, 3.8) is 0 Å². The first-order chi connectivity index (χ1) is 12.8. The molecule has 0 spiro atoms. The lowest BCUT2D eigenvalue weighted by molar-refractivity contribution is 0.102. The number of nitrogens with one attached hydrogen (secondary N) is 1. The summed E-state index contributed by atoms with van der Waals surface area (Å²) in [5.74, 6) is 0.250. The highest BCUT2D eigenvalue weighted by Gasteiger charge is 2.32. The van der Waals surface area contributed by atoms with Crippen LogP contribution in [-0.4, -0.2) is 25.5 Å². The standard InChI is InChI=1S/C20H22ClN5O/c1-20(2,3)26-18(13-5-6-13)12-16(24-26)19(27)23-15-11-14(21)7-8-17(15)25-10-4-9-22-25/h4,7-13H,5-6H2,1-3H3,(H,23,27). The van der Waals surface area contributed by atoms with Crippen LogP contribution in [0.4, 0.5) is 5.69 Å². The van der Waals surface area contributed by atoms with E-state index in [0.29, 0.717) is 22.3 Å². The van der Waals surface area contributed by atoms with E-state index < -0.39 is 0 Å². The van der Waals surface area contributed by atoms with Crippen LogP contribution in [0.3, 0.4) is 0 Å². The van der Waals surface area contributed by atoms with E-state index in [0.717, 1.165) is 24.2 Å². The summed E-state index contributed by atoms with van der Waals surface area (Å²) >= 11 is 6.15. The second-order valence-electron chi connectivity index (χ2n) is 7.88. The monoisotopic (exact) mass is 383 g/mol. The number of carbonyl (C=O) groups is 1. The number of hydrogen-bond donors (Lipinski definition) is 1. The zero-order valence-electron chi connectivity index (χ0n) is 15.6. The predicted molar refractivity (Wildman–Crippen MR) is 106 cm³/mol. The largest absolute Gasteiger partial charge is 0.319 e. The molecule has 1 fully saturated rings. The fourth-order valence-corrected chi connectivity index (χ4v) is 3.29. The van der Waals surface area contributed by atoms with Gasteiger partial charge in [-0.05, 0) is 63.9 Å². The Morgan fingerprint density at radius 2 is 2.04 bits per heavy atom. The van der Waals surface area contributed by atoms with Crippen molar-refractivity contribution in [2.75, 3.05) is 5.32 Å². The molecule has 2 heterocycles. The van der Waals surface area contributed by atoms with Gasteiger partial charge in [-0.25, -0.2) is 4.68 Å². The lowest BCUT2D eigenvalue weighted by atomic mass is 10.1. The molecule has 0 bridgehead atoms. The number of carbonyl (C=O) groups excluding carboxylic acids is 1. The minimum Gasteiger partial charge on any atom is -0.319 e. The van der Waals surface area contributed by atoms with E-state index in [9.17, 15) is 4.79 Å². The molecule has 0 atom stereocenters. The quantitative estimate of drug-likeness (QED) is 0.715. The molecule has 27 heavy (non-hydrogen) atoms. The van der Waals surface area contributed by atoms with Gasteiger partial charge in [0.2, 0.25) is 0 Å². The summed E-state index contributed by atoms with van der Waals surface area (Å²) in [6, 6.07) is 9.06. The fourth-order valence-electron chi connectivity index (χ4n) is 3.12. The maximum atomic E-state index is 12.9. The second kappa shape index (κ2) is 6.53. The molecule has 6 nitrogen and oxygen atoms in total. The van der Waals surface area contributed by atoms with E-state index >= 15 is 0 Å². The van der Waals surface area contributed by atoms with E-state index in [1.165, 1.54) is 0 Å². The first kappa shape index (κ1) is 17.8. The van der Waals surface area contributed by atoms with Crippen LogP contribution in [0.2, 0.25) is 5.02 Å². The molecule has 4 rings (SSSR count). The van der Waals surface area contributed by atoms with Crippen molar-refractivity contribution in [3.8, 4) is 5.69 Å². The highest BCUT2D eigenvalue weighted by molar-refractivity contribution is 6.31. The Kier molecular flexibility index (Phi) is 4.30. The van der Waals surface area contributed by atoms with Gasteiger partial charge in [0, 0.05) is 29.0 Å². The van der Waals surface area contributed by atoms with Crippen LogP contribution < -0.4 is 5.32 Å². The van der Waals surface area contributed by atoms with Gasteiger partial charge in [-0.3, -0.25) is 9.48 Å².